The minimum atomic E-state index is -1.07. The van der Waals surface area contributed by atoms with Crippen LogP contribution in [0.4, 0.5) is 4.79 Å². The van der Waals surface area contributed by atoms with Gasteiger partial charge >= 0.3 is 12.1 Å². The summed E-state index contributed by atoms with van der Waals surface area (Å²) in [7, 11) is 0. The molecule has 4 rings (SSSR count). The van der Waals surface area contributed by atoms with E-state index < -0.39 is 36.2 Å². The zero-order valence-electron chi connectivity index (χ0n) is 19.6. The van der Waals surface area contributed by atoms with Gasteiger partial charge in [-0.25, -0.2) is 4.79 Å². The molecule has 2 aliphatic carbocycles. The zero-order chi connectivity index (χ0) is 24.8. The molecule has 0 heterocycles. The van der Waals surface area contributed by atoms with Gasteiger partial charge in [-0.15, -0.1) is 0 Å². The van der Waals surface area contributed by atoms with Gasteiger partial charge in [0.2, 0.25) is 5.91 Å². The van der Waals surface area contributed by atoms with E-state index >= 15 is 0 Å². The summed E-state index contributed by atoms with van der Waals surface area (Å²) in [6.45, 7) is 0.0917. The number of nitrogens with one attached hydrogen (secondary N) is 2. The molecule has 1 fully saturated rings. The molecule has 8 heteroatoms. The Bertz CT molecular complexity index is 1030. The minimum absolute atomic E-state index is 0.0752. The van der Waals surface area contributed by atoms with Gasteiger partial charge < -0.3 is 25.6 Å². The lowest BCUT2D eigenvalue weighted by atomic mass is 9.98. The molecular formula is C27H32N2O6. The highest BCUT2D eigenvalue weighted by Crippen LogP contribution is 2.44. The van der Waals surface area contributed by atoms with Gasteiger partial charge in [-0.3, -0.25) is 9.59 Å². The number of aliphatic hydroxyl groups excluding tert-OH is 1. The first-order chi connectivity index (χ1) is 16.9. The molecule has 0 radical (unpaired) electrons. The Morgan fingerprint density at radius 1 is 0.943 bits per heavy atom. The van der Waals surface area contributed by atoms with E-state index in [9.17, 15) is 19.5 Å². The number of hydrogen-bond acceptors (Lipinski definition) is 5. The maximum atomic E-state index is 12.9. The van der Waals surface area contributed by atoms with E-state index in [0.29, 0.717) is 12.8 Å². The lowest BCUT2D eigenvalue weighted by Gasteiger charge is -2.25. The molecule has 3 atom stereocenters. The highest BCUT2D eigenvalue weighted by Gasteiger charge is 2.31. The molecule has 2 amide bonds. The maximum absolute atomic E-state index is 12.9. The Balaban J connectivity index is 1.40. The Morgan fingerprint density at radius 2 is 1.57 bits per heavy atom. The molecule has 0 spiro atoms. The summed E-state index contributed by atoms with van der Waals surface area (Å²) in [5.41, 5.74) is 4.36. The van der Waals surface area contributed by atoms with Gasteiger partial charge in [0.15, 0.2) is 0 Å². The maximum Gasteiger partial charge on any atom is 0.407 e. The van der Waals surface area contributed by atoms with E-state index in [0.717, 1.165) is 41.5 Å². The van der Waals surface area contributed by atoms with Crippen molar-refractivity contribution in [3.8, 4) is 11.1 Å². The number of fused-ring (bicyclic) bond motifs is 3. The number of amides is 2. The Kier molecular flexibility index (Phi) is 8.02. The van der Waals surface area contributed by atoms with Crippen LogP contribution in [-0.2, 0) is 14.3 Å². The third-order valence-corrected chi connectivity index (χ3v) is 6.91. The molecule has 1 saturated carbocycles. The van der Waals surface area contributed by atoms with E-state index in [1.807, 2.05) is 48.5 Å². The first-order valence-corrected chi connectivity index (χ1v) is 12.3. The third-order valence-electron chi connectivity index (χ3n) is 6.91. The van der Waals surface area contributed by atoms with Crippen molar-refractivity contribution in [1.29, 1.82) is 0 Å². The van der Waals surface area contributed by atoms with E-state index in [4.69, 9.17) is 9.84 Å². The van der Waals surface area contributed by atoms with Crippen molar-refractivity contribution in [1.82, 2.24) is 10.6 Å². The van der Waals surface area contributed by atoms with Gasteiger partial charge in [-0.1, -0.05) is 67.8 Å². The molecule has 0 bridgehead atoms. The summed E-state index contributed by atoms with van der Waals surface area (Å²) in [6, 6.07) is 14.5. The van der Waals surface area contributed by atoms with Gasteiger partial charge in [0, 0.05) is 12.3 Å². The Labute approximate surface area is 204 Å². The fraction of sp³-hybridized carbons (Fsp3) is 0.444. The van der Waals surface area contributed by atoms with Crippen LogP contribution < -0.4 is 10.6 Å². The number of aliphatic hydroxyl groups is 1. The van der Waals surface area contributed by atoms with Crippen LogP contribution in [0.5, 0.6) is 0 Å². The van der Waals surface area contributed by atoms with Crippen molar-refractivity contribution in [3.05, 3.63) is 59.7 Å². The van der Waals surface area contributed by atoms with E-state index in [-0.39, 0.29) is 25.4 Å². The first-order valence-electron chi connectivity index (χ1n) is 12.3. The first kappa shape index (κ1) is 24.7. The average molecular weight is 481 g/mol. The van der Waals surface area contributed by atoms with Crippen LogP contribution in [0.15, 0.2) is 48.5 Å². The van der Waals surface area contributed by atoms with E-state index in [1.54, 1.807) is 0 Å². The predicted molar refractivity (Wildman–Crippen MR) is 130 cm³/mol. The summed E-state index contributed by atoms with van der Waals surface area (Å²) in [5.74, 6) is -1.70. The van der Waals surface area contributed by atoms with Crippen molar-refractivity contribution < 1.29 is 29.3 Å². The summed E-state index contributed by atoms with van der Waals surface area (Å²) >= 11 is 0. The fourth-order valence-corrected chi connectivity index (χ4v) is 5.06. The zero-order valence-corrected chi connectivity index (χ0v) is 19.6. The summed E-state index contributed by atoms with van der Waals surface area (Å²) in [6.07, 6.45) is 2.23. The lowest BCUT2D eigenvalue weighted by Crippen LogP contribution is -2.52. The van der Waals surface area contributed by atoms with Gasteiger partial charge in [0.1, 0.15) is 12.6 Å². The van der Waals surface area contributed by atoms with Crippen LogP contribution in [-0.4, -0.2) is 53.0 Å². The second kappa shape index (κ2) is 11.4. The van der Waals surface area contributed by atoms with Crippen molar-refractivity contribution in [2.24, 2.45) is 0 Å². The van der Waals surface area contributed by atoms with Crippen molar-refractivity contribution in [3.63, 3.8) is 0 Å². The molecule has 8 nitrogen and oxygen atoms in total. The quantitative estimate of drug-likeness (QED) is 0.428. The Hall–Kier alpha value is -3.39. The van der Waals surface area contributed by atoms with Crippen LogP contribution in [0.2, 0.25) is 0 Å². The monoisotopic (exact) mass is 480 g/mol. The van der Waals surface area contributed by atoms with E-state index in [2.05, 4.69) is 10.6 Å². The number of carbonyl (C=O) groups is 3. The second-order valence-electron chi connectivity index (χ2n) is 9.28. The largest absolute Gasteiger partial charge is 0.481 e. The molecule has 2 aromatic rings. The van der Waals surface area contributed by atoms with Gasteiger partial charge in [0.05, 0.1) is 12.1 Å². The number of ether oxygens (including phenoxy) is 1. The summed E-state index contributed by atoms with van der Waals surface area (Å²) < 4.78 is 5.53. The van der Waals surface area contributed by atoms with Crippen LogP contribution in [0.3, 0.4) is 0 Å². The lowest BCUT2D eigenvalue weighted by molar-refractivity contribution is -0.137. The average Bonchev–Trinajstić information content (AvgIpc) is 3.03. The molecule has 0 aromatic heterocycles. The Morgan fingerprint density at radius 3 is 2.23 bits per heavy atom. The number of rotatable bonds is 8. The molecule has 0 aliphatic heterocycles. The van der Waals surface area contributed by atoms with Crippen molar-refractivity contribution >= 4 is 18.0 Å². The normalized spacial score (nSPS) is 20.1. The van der Waals surface area contributed by atoms with Crippen molar-refractivity contribution in [2.75, 3.05) is 6.61 Å². The molecule has 186 valence electrons. The standard InChI is InChI=1S/C27H32N2O6/c30-24-13-3-1-2-12-22(24)28-26(33)23(14-15-25(31)32)29-27(34)35-16-21-19-10-6-4-8-17(19)18-9-5-7-11-20(18)21/h4-11,21-24,30H,1-3,12-16H2,(H,28,33)(H,29,34)(H,31,32). The van der Waals surface area contributed by atoms with Gasteiger partial charge in [-0.05, 0) is 41.5 Å². The van der Waals surface area contributed by atoms with Crippen molar-refractivity contribution in [2.45, 2.75) is 69.1 Å². The van der Waals surface area contributed by atoms with Crippen LogP contribution in [0.1, 0.15) is 62.0 Å². The number of aliphatic carboxylic acids is 1. The van der Waals surface area contributed by atoms with Gasteiger partial charge in [0.25, 0.3) is 0 Å². The number of hydrogen-bond donors (Lipinski definition) is 4. The fourth-order valence-electron chi connectivity index (χ4n) is 5.06. The highest BCUT2D eigenvalue weighted by atomic mass is 16.5. The third kappa shape index (κ3) is 6.00. The molecular weight excluding hydrogens is 448 g/mol. The second-order valence-corrected chi connectivity index (χ2v) is 9.28. The smallest absolute Gasteiger partial charge is 0.407 e. The number of carboxylic acid groups (broad SMARTS) is 1. The molecule has 35 heavy (non-hydrogen) atoms. The predicted octanol–water partition coefficient (Wildman–Crippen LogP) is 3.57. The SMILES string of the molecule is O=C(O)CCC(NC(=O)OCC1c2ccccc2-c2ccccc21)C(=O)NC1CCCCCC1O. The molecule has 0 saturated heterocycles. The summed E-state index contributed by atoms with van der Waals surface area (Å²) in [4.78, 5) is 36.7. The molecule has 4 N–H and O–H groups in total. The van der Waals surface area contributed by atoms with Crippen LogP contribution in [0.25, 0.3) is 11.1 Å². The number of benzene rings is 2. The van der Waals surface area contributed by atoms with Gasteiger partial charge in [-0.2, -0.15) is 0 Å². The molecule has 2 aromatic carbocycles. The summed E-state index contributed by atoms with van der Waals surface area (Å²) in [5, 5.41) is 24.8. The molecule has 3 unspecified atom stereocenters. The highest BCUT2D eigenvalue weighted by molar-refractivity contribution is 5.86. The van der Waals surface area contributed by atoms with E-state index in [1.165, 1.54) is 0 Å². The topological polar surface area (TPSA) is 125 Å². The number of alkyl carbamates (subject to hydrolysis) is 1. The number of carbonyl (C=O) groups excluding carboxylic acids is 2. The molecule has 2 aliphatic rings. The van der Waals surface area contributed by atoms with Crippen LogP contribution >= 0.6 is 0 Å². The number of carboxylic acids is 1. The van der Waals surface area contributed by atoms with Crippen LogP contribution in [0, 0.1) is 0 Å². The minimum Gasteiger partial charge on any atom is -0.481 e.